The van der Waals surface area contributed by atoms with Gasteiger partial charge in [0.2, 0.25) is 5.91 Å². The van der Waals surface area contributed by atoms with Crippen molar-refractivity contribution in [2.75, 3.05) is 11.5 Å². The van der Waals surface area contributed by atoms with Crippen LogP contribution in [0.2, 0.25) is 0 Å². The zero-order valence-corrected chi connectivity index (χ0v) is 17.0. The second-order valence-electron chi connectivity index (χ2n) is 4.93. The molecule has 1 rings (SSSR count). The second-order valence-corrected chi connectivity index (χ2v) is 9.52. The quantitative estimate of drug-likeness (QED) is 0.536. The standard InChI is InChI=1S/C14H21Br2NO2S2/c1-3-5-20-14(21-6-4-2)10(15)7-13(19,8-11(14)16)9-12(17)18/h7-8,19H,3-6,9H2,1-2H3,(H2,17,18). The van der Waals surface area contributed by atoms with Crippen LogP contribution in [-0.4, -0.2) is 32.2 Å². The van der Waals surface area contributed by atoms with E-state index < -0.39 is 11.5 Å². The molecule has 1 amide bonds. The molecular formula is C14H21Br2NO2S2. The summed E-state index contributed by atoms with van der Waals surface area (Å²) in [6.07, 6.45) is 5.43. The van der Waals surface area contributed by atoms with E-state index >= 15 is 0 Å². The zero-order chi connectivity index (χ0) is 16.1. The van der Waals surface area contributed by atoms with Crippen LogP contribution in [0.1, 0.15) is 33.1 Å². The van der Waals surface area contributed by atoms with Crippen LogP contribution in [0, 0.1) is 0 Å². The SMILES string of the molecule is CCCSC1(SCCC)C(Br)=CC(O)(CC(N)=O)C=C1Br. The molecule has 3 nitrogen and oxygen atoms in total. The van der Waals surface area contributed by atoms with E-state index in [0.29, 0.717) is 0 Å². The van der Waals surface area contributed by atoms with E-state index in [2.05, 4.69) is 45.7 Å². The molecule has 0 radical (unpaired) electrons. The largest absolute Gasteiger partial charge is 0.381 e. The first-order chi connectivity index (χ1) is 9.79. The molecular weight excluding hydrogens is 438 g/mol. The van der Waals surface area contributed by atoms with Crippen molar-refractivity contribution < 1.29 is 9.90 Å². The average molecular weight is 459 g/mol. The first-order valence-electron chi connectivity index (χ1n) is 6.86. The summed E-state index contributed by atoms with van der Waals surface area (Å²) >= 11 is 10.9. The monoisotopic (exact) mass is 457 g/mol. The Labute approximate surface area is 151 Å². The molecule has 0 aromatic carbocycles. The Kier molecular flexibility index (Phi) is 7.87. The van der Waals surface area contributed by atoms with Crippen LogP contribution in [0.25, 0.3) is 0 Å². The number of aliphatic hydroxyl groups is 1. The van der Waals surface area contributed by atoms with E-state index in [1.54, 1.807) is 12.2 Å². The Morgan fingerprint density at radius 2 is 1.62 bits per heavy atom. The summed E-state index contributed by atoms with van der Waals surface area (Å²) < 4.78 is 1.48. The number of carbonyl (C=O) groups excluding carboxylic acids is 1. The number of primary amides is 1. The van der Waals surface area contributed by atoms with Gasteiger partial charge < -0.3 is 10.8 Å². The van der Waals surface area contributed by atoms with E-state index in [-0.39, 0.29) is 10.5 Å². The maximum absolute atomic E-state index is 11.2. The lowest BCUT2D eigenvalue weighted by molar-refractivity contribution is -0.120. The third-order valence-electron chi connectivity index (χ3n) is 2.86. The molecule has 0 saturated heterocycles. The minimum atomic E-state index is -1.33. The highest BCUT2D eigenvalue weighted by Gasteiger charge is 2.44. The molecule has 7 heteroatoms. The smallest absolute Gasteiger partial charge is 0.220 e. The number of rotatable bonds is 8. The van der Waals surface area contributed by atoms with Crippen LogP contribution in [0.3, 0.4) is 0 Å². The summed E-state index contributed by atoms with van der Waals surface area (Å²) in [5.41, 5.74) is 3.90. The van der Waals surface area contributed by atoms with Crippen LogP contribution in [0.4, 0.5) is 0 Å². The summed E-state index contributed by atoms with van der Waals surface area (Å²) in [5.74, 6) is 1.49. The highest BCUT2D eigenvalue weighted by atomic mass is 79.9. The molecule has 0 saturated carbocycles. The highest BCUT2D eigenvalue weighted by Crippen LogP contribution is 2.56. The summed E-state index contributed by atoms with van der Waals surface area (Å²) in [6.45, 7) is 4.29. The minimum Gasteiger partial charge on any atom is -0.381 e. The van der Waals surface area contributed by atoms with Gasteiger partial charge in [0.1, 0.15) is 9.68 Å². The van der Waals surface area contributed by atoms with E-state index in [4.69, 9.17) is 5.73 Å². The van der Waals surface area contributed by atoms with Crippen molar-refractivity contribution in [2.24, 2.45) is 5.73 Å². The van der Waals surface area contributed by atoms with Gasteiger partial charge in [-0.25, -0.2) is 0 Å². The number of hydrogen-bond donors (Lipinski definition) is 2. The Morgan fingerprint density at radius 1 is 1.19 bits per heavy atom. The summed E-state index contributed by atoms with van der Waals surface area (Å²) in [6, 6.07) is 0. The average Bonchev–Trinajstić information content (AvgIpc) is 2.36. The molecule has 0 aromatic heterocycles. The van der Waals surface area contributed by atoms with Crippen molar-refractivity contribution in [1.82, 2.24) is 0 Å². The Bertz CT molecular complexity index is 422. The van der Waals surface area contributed by atoms with Crippen molar-refractivity contribution in [3.05, 3.63) is 21.1 Å². The van der Waals surface area contributed by atoms with Gasteiger partial charge in [-0.15, -0.1) is 23.5 Å². The second kappa shape index (κ2) is 8.43. The van der Waals surface area contributed by atoms with Gasteiger partial charge in [0.15, 0.2) is 0 Å². The van der Waals surface area contributed by atoms with Gasteiger partial charge in [0.25, 0.3) is 0 Å². The topological polar surface area (TPSA) is 63.3 Å². The molecule has 0 bridgehead atoms. The van der Waals surface area contributed by atoms with Crippen molar-refractivity contribution >= 4 is 61.3 Å². The van der Waals surface area contributed by atoms with Gasteiger partial charge in [-0.2, -0.15) is 0 Å². The van der Waals surface area contributed by atoms with E-state index in [9.17, 15) is 9.90 Å². The molecule has 1 aliphatic carbocycles. The molecule has 0 unspecified atom stereocenters. The summed E-state index contributed by atoms with van der Waals surface area (Å²) in [7, 11) is 0. The molecule has 0 aromatic rings. The molecule has 0 aliphatic heterocycles. The third-order valence-corrected chi connectivity index (χ3v) is 9.18. The van der Waals surface area contributed by atoms with Crippen LogP contribution in [0.15, 0.2) is 21.1 Å². The molecule has 0 fully saturated rings. The zero-order valence-electron chi connectivity index (χ0n) is 12.2. The Balaban J connectivity index is 3.13. The van der Waals surface area contributed by atoms with Gasteiger partial charge in [0, 0.05) is 8.96 Å². The fourth-order valence-electron chi connectivity index (χ4n) is 1.97. The van der Waals surface area contributed by atoms with Gasteiger partial charge in [-0.3, -0.25) is 4.79 Å². The maximum atomic E-state index is 11.2. The minimum absolute atomic E-state index is 0.121. The van der Waals surface area contributed by atoms with Gasteiger partial charge >= 0.3 is 0 Å². The van der Waals surface area contributed by atoms with Crippen molar-refractivity contribution in [1.29, 1.82) is 0 Å². The number of hydrogen-bond acceptors (Lipinski definition) is 4. The molecule has 0 spiro atoms. The van der Waals surface area contributed by atoms with Crippen LogP contribution < -0.4 is 5.73 Å². The first-order valence-corrected chi connectivity index (χ1v) is 10.4. The number of nitrogens with two attached hydrogens (primary N) is 1. The summed E-state index contributed by atoms with van der Waals surface area (Å²) in [5, 5.41) is 10.5. The van der Waals surface area contributed by atoms with Gasteiger partial charge in [-0.05, 0) is 36.5 Å². The predicted octanol–water partition coefficient (Wildman–Crippen LogP) is 4.15. The third kappa shape index (κ3) is 5.03. The highest BCUT2D eigenvalue weighted by molar-refractivity contribution is 9.12. The van der Waals surface area contributed by atoms with Crippen LogP contribution in [0.5, 0.6) is 0 Å². The molecule has 0 heterocycles. The fourth-order valence-corrected chi connectivity index (χ4v) is 7.44. The predicted molar refractivity (Wildman–Crippen MR) is 101 cm³/mol. The lowest BCUT2D eigenvalue weighted by atomic mass is 9.94. The van der Waals surface area contributed by atoms with Gasteiger partial charge in [-0.1, -0.05) is 45.7 Å². The normalized spacial score (nSPS) is 19.9. The van der Waals surface area contributed by atoms with Gasteiger partial charge in [0.05, 0.1) is 6.42 Å². The number of amides is 1. The van der Waals surface area contributed by atoms with Crippen molar-refractivity contribution in [3.63, 3.8) is 0 Å². The van der Waals surface area contributed by atoms with Crippen molar-refractivity contribution in [2.45, 2.75) is 42.8 Å². The maximum Gasteiger partial charge on any atom is 0.220 e. The lowest BCUT2D eigenvalue weighted by Gasteiger charge is -2.39. The van der Waals surface area contributed by atoms with E-state index in [0.717, 1.165) is 33.3 Å². The molecule has 0 atom stereocenters. The first kappa shape index (κ1) is 19.6. The number of halogens is 2. The molecule has 120 valence electrons. The van der Waals surface area contributed by atoms with Crippen molar-refractivity contribution in [3.8, 4) is 0 Å². The van der Waals surface area contributed by atoms with Crippen LogP contribution >= 0.6 is 55.4 Å². The molecule has 3 N–H and O–H groups in total. The van der Waals surface area contributed by atoms with E-state index in [1.807, 2.05) is 23.5 Å². The number of thioether (sulfide) groups is 2. The molecule has 1 aliphatic rings. The lowest BCUT2D eigenvalue weighted by Crippen LogP contribution is -2.37. The summed E-state index contributed by atoms with van der Waals surface area (Å²) in [4.78, 5) is 11.2. The number of carbonyl (C=O) groups is 1. The molecule has 21 heavy (non-hydrogen) atoms. The van der Waals surface area contributed by atoms with Crippen LogP contribution in [-0.2, 0) is 4.79 Å². The van der Waals surface area contributed by atoms with E-state index in [1.165, 1.54) is 0 Å². The fraction of sp³-hybridized carbons (Fsp3) is 0.643. The Hall–Kier alpha value is 0.570. The Morgan fingerprint density at radius 3 is 1.95 bits per heavy atom.